The van der Waals surface area contributed by atoms with Gasteiger partial charge in [0.15, 0.2) is 21.4 Å². The van der Waals surface area contributed by atoms with Crippen LogP contribution < -0.4 is 0 Å². The molecule has 0 aliphatic carbocycles. The lowest BCUT2D eigenvalue weighted by atomic mass is 9.91. The van der Waals surface area contributed by atoms with Gasteiger partial charge in [-0.05, 0) is 74.5 Å². The van der Waals surface area contributed by atoms with Gasteiger partial charge in [-0.3, -0.25) is 9.59 Å². The fourth-order valence-corrected chi connectivity index (χ4v) is 6.46. The summed E-state index contributed by atoms with van der Waals surface area (Å²) in [5, 5.41) is 0. The molecule has 188 valence electrons. The van der Waals surface area contributed by atoms with Crippen molar-refractivity contribution in [3.8, 4) is 0 Å². The van der Waals surface area contributed by atoms with Gasteiger partial charge in [0, 0.05) is 27.3 Å². The van der Waals surface area contributed by atoms with Gasteiger partial charge in [-0.25, -0.2) is 12.8 Å². The maximum Gasteiger partial charge on any atom is 0.191 e. The van der Waals surface area contributed by atoms with Crippen LogP contribution in [0.25, 0.3) is 0 Å². The summed E-state index contributed by atoms with van der Waals surface area (Å²) in [5.41, 5.74) is 1.18. The highest BCUT2D eigenvalue weighted by Gasteiger charge is 2.48. The topological polar surface area (TPSA) is 68.3 Å². The van der Waals surface area contributed by atoms with Crippen molar-refractivity contribution in [1.82, 2.24) is 0 Å². The maximum atomic E-state index is 13.9. The molecule has 0 aliphatic rings. The molecule has 0 amide bonds. The Bertz CT molecular complexity index is 1510. The molecule has 4 aromatic carbocycles. The van der Waals surface area contributed by atoms with Crippen molar-refractivity contribution in [3.63, 3.8) is 0 Å². The van der Waals surface area contributed by atoms with Crippen molar-refractivity contribution >= 4 is 33.2 Å². The Morgan fingerprint density at radius 1 is 0.757 bits per heavy atom. The van der Waals surface area contributed by atoms with Crippen LogP contribution in [0.2, 0.25) is 0 Å². The summed E-state index contributed by atoms with van der Waals surface area (Å²) >= 11 is 1.51. The number of halogens is 1. The Morgan fingerprint density at radius 2 is 1.30 bits per heavy atom. The number of sulfone groups is 1. The molecule has 0 bridgehead atoms. The number of benzene rings is 4. The normalized spacial score (nSPS) is 13.1. The fraction of sp³-hybridized carbons (Fsp3) is 0.133. The molecular formula is C30H25FO4S2. The molecule has 0 fully saturated rings. The maximum absolute atomic E-state index is 13.9. The van der Waals surface area contributed by atoms with E-state index in [4.69, 9.17) is 0 Å². The standard InChI is InChI=1S/C30H25FO4S2/c1-21-8-18-27(19-9-21)37(34,35)30(2,20-28(32)22-10-14-24(31)15-11-22)29(33)23-12-16-26(17-13-23)36-25-6-4-3-5-7-25/h3-19H,20H2,1-2H3. The zero-order valence-electron chi connectivity index (χ0n) is 20.3. The van der Waals surface area contributed by atoms with Gasteiger partial charge in [0.1, 0.15) is 10.6 Å². The molecule has 0 N–H and O–H groups in total. The van der Waals surface area contributed by atoms with Crippen LogP contribution in [-0.2, 0) is 9.84 Å². The molecule has 0 saturated carbocycles. The average molecular weight is 533 g/mol. The van der Waals surface area contributed by atoms with Crippen LogP contribution in [0.3, 0.4) is 0 Å². The summed E-state index contributed by atoms with van der Waals surface area (Å²) in [5.74, 6) is -1.77. The van der Waals surface area contributed by atoms with Crippen LogP contribution in [0.4, 0.5) is 4.39 Å². The molecular weight excluding hydrogens is 507 g/mol. The summed E-state index contributed by atoms with van der Waals surface area (Å²) in [4.78, 5) is 28.9. The molecule has 0 radical (unpaired) electrons. The largest absolute Gasteiger partial charge is 0.294 e. The van der Waals surface area contributed by atoms with E-state index in [0.717, 1.165) is 27.5 Å². The molecule has 0 saturated heterocycles. The van der Waals surface area contributed by atoms with Crippen LogP contribution in [0, 0.1) is 12.7 Å². The zero-order valence-corrected chi connectivity index (χ0v) is 22.0. The van der Waals surface area contributed by atoms with Crippen molar-refractivity contribution in [1.29, 1.82) is 0 Å². The number of ketones is 2. The third-order valence-corrected chi connectivity index (χ3v) is 9.59. The molecule has 0 spiro atoms. The monoisotopic (exact) mass is 532 g/mol. The van der Waals surface area contributed by atoms with E-state index >= 15 is 0 Å². The second-order valence-electron chi connectivity index (χ2n) is 8.92. The van der Waals surface area contributed by atoms with Gasteiger partial charge in [0.2, 0.25) is 0 Å². The van der Waals surface area contributed by atoms with E-state index in [9.17, 15) is 22.4 Å². The quantitative estimate of drug-likeness (QED) is 0.218. The van der Waals surface area contributed by atoms with Crippen LogP contribution in [0.5, 0.6) is 0 Å². The Balaban J connectivity index is 1.71. The molecule has 0 aliphatic heterocycles. The Morgan fingerprint density at radius 3 is 1.89 bits per heavy atom. The van der Waals surface area contributed by atoms with Gasteiger partial charge < -0.3 is 0 Å². The fourth-order valence-electron chi connectivity index (χ4n) is 3.92. The molecule has 4 rings (SSSR count). The van der Waals surface area contributed by atoms with Crippen molar-refractivity contribution in [2.24, 2.45) is 0 Å². The Labute approximate surface area is 220 Å². The highest BCUT2D eigenvalue weighted by atomic mass is 32.2. The van der Waals surface area contributed by atoms with Crippen LogP contribution in [-0.4, -0.2) is 24.7 Å². The van der Waals surface area contributed by atoms with E-state index in [0.29, 0.717) is 0 Å². The van der Waals surface area contributed by atoms with E-state index < -0.39 is 38.4 Å². The molecule has 0 aromatic heterocycles. The van der Waals surface area contributed by atoms with Gasteiger partial charge >= 0.3 is 0 Å². The number of carbonyl (C=O) groups excluding carboxylic acids is 2. The van der Waals surface area contributed by atoms with Crippen molar-refractivity contribution in [2.75, 3.05) is 0 Å². The first-order chi connectivity index (χ1) is 17.6. The second-order valence-corrected chi connectivity index (χ2v) is 12.4. The van der Waals surface area contributed by atoms with Gasteiger partial charge in [0.05, 0.1) is 4.90 Å². The van der Waals surface area contributed by atoms with Gasteiger partial charge in [-0.15, -0.1) is 0 Å². The molecule has 0 heterocycles. The van der Waals surface area contributed by atoms with Crippen LogP contribution in [0.1, 0.15) is 39.6 Å². The number of aryl methyl sites for hydroxylation is 1. The molecule has 1 atom stereocenters. The van der Waals surface area contributed by atoms with Crippen molar-refractivity contribution in [2.45, 2.75) is 39.7 Å². The average Bonchev–Trinajstić information content (AvgIpc) is 2.89. The highest BCUT2D eigenvalue weighted by molar-refractivity contribution is 7.99. The molecule has 4 aromatic rings. The number of Topliss-reactive ketones (excluding diaryl/α,β-unsaturated/α-hetero) is 2. The van der Waals surface area contributed by atoms with Gasteiger partial charge in [-0.2, -0.15) is 0 Å². The van der Waals surface area contributed by atoms with Gasteiger partial charge in [0.25, 0.3) is 0 Å². The minimum absolute atomic E-state index is 0.0443. The second kappa shape index (κ2) is 10.8. The molecule has 4 nitrogen and oxygen atoms in total. The third-order valence-electron chi connectivity index (χ3n) is 6.16. The van der Waals surface area contributed by atoms with E-state index in [1.165, 1.54) is 43.0 Å². The summed E-state index contributed by atoms with van der Waals surface area (Å²) in [6, 6.07) is 27.4. The lowest BCUT2D eigenvalue weighted by molar-refractivity contribution is 0.0879. The number of carbonyl (C=O) groups is 2. The van der Waals surface area contributed by atoms with Crippen LogP contribution >= 0.6 is 11.8 Å². The first-order valence-corrected chi connectivity index (χ1v) is 13.9. The van der Waals surface area contributed by atoms with E-state index in [1.807, 2.05) is 37.3 Å². The number of hydrogen-bond donors (Lipinski definition) is 0. The smallest absolute Gasteiger partial charge is 0.191 e. The summed E-state index contributed by atoms with van der Waals surface area (Å²) < 4.78 is 39.1. The SMILES string of the molecule is Cc1ccc(S(=O)(=O)C(C)(CC(=O)c2ccc(F)cc2)C(=O)c2ccc(Sc3ccccc3)cc2)cc1. The lowest BCUT2D eigenvalue weighted by Gasteiger charge is -2.28. The Hall–Kier alpha value is -3.55. The minimum atomic E-state index is -4.28. The summed E-state index contributed by atoms with van der Waals surface area (Å²) in [6.07, 6.45) is -0.589. The third kappa shape index (κ3) is 5.73. The predicted octanol–water partition coefficient (Wildman–Crippen LogP) is 6.97. The summed E-state index contributed by atoms with van der Waals surface area (Å²) in [7, 11) is -4.28. The predicted molar refractivity (Wildman–Crippen MR) is 143 cm³/mol. The lowest BCUT2D eigenvalue weighted by Crippen LogP contribution is -2.45. The molecule has 1 unspecified atom stereocenters. The van der Waals surface area contributed by atoms with Crippen LogP contribution in [0.15, 0.2) is 118 Å². The first kappa shape index (κ1) is 26.5. The van der Waals surface area contributed by atoms with Crippen molar-refractivity contribution < 1.29 is 22.4 Å². The number of rotatable bonds is 9. The van der Waals surface area contributed by atoms with E-state index in [1.54, 1.807) is 36.4 Å². The summed E-state index contributed by atoms with van der Waals surface area (Å²) in [6.45, 7) is 3.12. The van der Waals surface area contributed by atoms with Crippen molar-refractivity contribution in [3.05, 3.63) is 126 Å². The molecule has 37 heavy (non-hydrogen) atoms. The van der Waals surface area contributed by atoms with E-state index in [-0.39, 0.29) is 16.0 Å². The minimum Gasteiger partial charge on any atom is -0.294 e. The number of hydrogen-bond acceptors (Lipinski definition) is 5. The zero-order chi connectivity index (χ0) is 26.6. The van der Waals surface area contributed by atoms with Gasteiger partial charge in [-0.1, -0.05) is 59.8 Å². The first-order valence-electron chi connectivity index (χ1n) is 11.6. The Kier molecular flexibility index (Phi) is 7.76. The van der Waals surface area contributed by atoms with E-state index in [2.05, 4.69) is 0 Å². The highest BCUT2D eigenvalue weighted by Crippen LogP contribution is 2.35. The molecule has 7 heteroatoms.